The second kappa shape index (κ2) is 6.98. The standard InChI is InChI=1S/C21H27N3O3/c1-14-7-4-5-12-21(14)19(26)24(20(27)23-21)13-18(25)22-17-11-6-9-15-8-2-3-10-16(15)17/h2-3,8,10,14,17H,4-7,9,11-13H2,1H3,(H,22,25)(H,23,27)/t14-,17-,21-/m1/s1. The van der Waals surface area contributed by atoms with Gasteiger partial charge in [0.05, 0.1) is 6.04 Å². The molecule has 3 aliphatic rings. The Kier molecular flexibility index (Phi) is 4.66. The Balaban J connectivity index is 1.44. The number of nitrogens with zero attached hydrogens (tertiary/aromatic N) is 1. The molecular formula is C21H27N3O3. The summed E-state index contributed by atoms with van der Waals surface area (Å²) < 4.78 is 0. The minimum Gasteiger partial charge on any atom is -0.348 e. The molecule has 1 aliphatic heterocycles. The molecule has 1 saturated carbocycles. The lowest BCUT2D eigenvalue weighted by molar-refractivity contribution is -0.137. The molecule has 27 heavy (non-hydrogen) atoms. The molecule has 1 saturated heterocycles. The maximum Gasteiger partial charge on any atom is 0.325 e. The highest BCUT2D eigenvalue weighted by molar-refractivity contribution is 6.09. The normalized spacial score (nSPS) is 30.2. The Labute approximate surface area is 159 Å². The van der Waals surface area contributed by atoms with Gasteiger partial charge in [-0.25, -0.2) is 4.79 Å². The monoisotopic (exact) mass is 369 g/mol. The number of rotatable bonds is 3. The van der Waals surface area contributed by atoms with Gasteiger partial charge >= 0.3 is 6.03 Å². The van der Waals surface area contributed by atoms with Gasteiger partial charge in [0.25, 0.3) is 5.91 Å². The van der Waals surface area contributed by atoms with Gasteiger partial charge < -0.3 is 10.6 Å². The Morgan fingerprint density at radius 2 is 2.04 bits per heavy atom. The number of amides is 4. The van der Waals surface area contributed by atoms with E-state index < -0.39 is 11.6 Å². The van der Waals surface area contributed by atoms with E-state index in [-0.39, 0.29) is 30.3 Å². The van der Waals surface area contributed by atoms with Crippen LogP contribution in [-0.4, -0.2) is 34.8 Å². The summed E-state index contributed by atoms with van der Waals surface area (Å²) >= 11 is 0. The van der Waals surface area contributed by atoms with E-state index >= 15 is 0 Å². The van der Waals surface area contributed by atoms with Crippen molar-refractivity contribution in [2.45, 2.75) is 63.5 Å². The zero-order chi connectivity index (χ0) is 19.0. The Morgan fingerprint density at radius 3 is 2.85 bits per heavy atom. The molecule has 144 valence electrons. The van der Waals surface area contributed by atoms with E-state index in [1.54, 1.807) is 0 Å². The number of carbonyl (C=O) groups excluding carboxylic acids is 3. The molecule has 6 heteroatoms. The summed E-state index contributed by atoms with van der Waals surface area (Å²) in [5, 5.41) is 5.93. The first-order valence-electron chi connectivity index (χ1n) is 10.0. The van der Waals surface area contributed by atoms with Crippen LogP contribution in [0.5, 0.6) is 0 Å². The van der Waals surface area contributed by atoms with Gasteiger partial charge in [0.2, 0.25) is 5.91 Å². The van der Waals surface area contributed by atoms with Crippen molar-refractivity contribution >= 4 is 17.8 Å². The average molecular weight is 369 g/mol. The van der Waals surface area contributed by atoms with E-state index in [1.165, 1.54) is 5.56 Å². The van der Waals surface area contributed by atoms with Crippen LogP contribution in [0.15, 0.2) is 24.3 Å². The Morgan fingerprint density at radius 1 is 1.22 bits per heavy atom. The summed E-state index contributed by atoms with van der Waals surface area (Å²) in [5.41, 5.74) is 1.60. The lowest BCUT2D eigenvalue weighted by Crippen LogP contribution is -2.54. The topological polar surface area (TPSA) is 78.5 Å². The second-order valence-corrected chi connectivity index (χ2v) is 8.15. The number of benzene rings is 1. The van der Waals surface area contributed by atoms with Gasteiger partial charge in [-0.1, -0.05) is 44.0 Å². The van der Waals surface area contributed by atoms with Crippen molar-refractivity contribution in [2.75, 3.05) is 6.54 Å². The first kappa shape index (κ1) is 18.0. The fraction of sp³-hybridized carbons (Fsp3) is 0.571. The molecule has 6 nitrogen and oxygen atoms in total. The number of fused-ring (bicyclic) bond motifs is 1. The van der Waals surface area contributed by atoms with Crippen LogP contribution >= 0.6 is 0 Å². The van der Waals surface area contributed by atoms with Gasteiger partial charge in [-0.05, 0) is 49.1 Å². The molecule has 2 N–H and O–H groups in total. The molecule has 0 unspecified atom stereocenters. The Bertz CT molecular complexity index is 778. The molecule has 1 aromatic carbocycles. The predicted octanol–water partition coefficient (Wildman–Crippen LogP) is 2.68. The van der Waals surface area contributed by atoms with Crippen LogP contribution in [0.25, 0.3) is 0 Å². The first-order chi connectivity index (χ1) is 13.0. The minimum atomic E-state index is -0.812. The minimum absolute atomic E-state index is 0.0502. The van der Waals surface area contributed by atoms with Crippen LogP contribution in [-0.2, 0) is 16.0 Å². The maximum atomic E-state index is 13.0. The first-order valence-corrected chi connectivity index (χ1v) is 10.0. The van der Waals surface area contributed by atoms with Crippen molar-refractivity contribution in [3.8, 4) is 0 Å². The van der Waals surface area contributed by atoms with Crippen molar-refractivity contribution in [3.63, 3.8) is 0 Å². The van der Waals surface area contributed by atoms with E-state index in [0.717, 1.165) is 49.0 Å². The highest BCUT2D eigenvalue weighted by atomic mass is 16.2. The molecule has 4 amide bonds. The van der Waals surface area contributed by atoms with E-state index in [4.69, 9.17) is 0 Å². The molecule has 2 fully saturated rings. The second-order valence-electron chi connectivity index (χ2n) is 8.15. The fourth-order valence-corrected chi connectivity index (χ4v) is 4.93. The highest BCUT2D eigenvalue weighted by Gasteiger charge is 2.55. The van der Waals surface area contributed by atoms with Gasteiger partial charge in [-0.2, -0.15) is 0 Å². The predicted molar refractivity (Wildman–Crippen MR) is 101 cm³/mol. The third kappa shape index (κ3) is 3.11. The molecule has 0 bridgehead atoms. The Hall–Kier alpha value is -2.37. The molecule has 3 atom stereocenters. The van der Waals surface area contributed by atoms with Gasteiger partial charge in [-0.15, -0.1) is 0 Å². The number of hydrogen-bond donors (Lipinski definition) is 2. The van der Waals surface area contributed by atoms with Crippen LogP contribution < -0.4 is 10.6 Å². The van der Waals surface area contributed by atoms with Crippen LogP contribution in [0, 0.1) is 5.92 Å². The van der Waals surface area contributed by atoms with E-state index in [9.17, 15) is 14.4 Å². The van der Waals surface area contributed by atoms with Gasteiger partial charge in [-0.3, -0.25) is 14.5 Å². The van der Waals surface area contributed by atoms with Gasteiger partial charge in [0.1, 0.15) is 12.1 Å². The number of urea groups is 1. The molecular weight excluding hydrogens is 342 g/mol. The summed E-state index contributed by atoms with van der Waals surface area (Å²) in [6.07, 6.45) is 6.51. The molecule has 2 aliphatic carbocycles. The van der Waals surface area contributed by atoms with Crippen molar-refractivity contribution < 1.29 is 14.4 Å². The van der Waals surface area contributed by atoms with E-state index in [1.807, 2.05) is 25.1 Å². The summed E-state index contributed by atoms with van der Waals surface area (Å²) in [4.78, 5) is 39.2. The number of nitrogens with one attached hydrogen (secondary N) is 2. The van der Waals surface area contributed by atoms with Crippen molar-refractivity contribution in [3.05, 3.63) is 35.4 Å². The number of aryl methyl sites for hydroxylation is 1. The number of hydrogen-bond acceptors (Lipinski definition) is 3. The zero-order valence-electron chi connectivity index (χ0n) is 15.8. The largest absolute Gasteiger partial charge is 0.348 e. The molecule has 1 spiro atoms. The lowest BCUT2D eigenvalue weighted by atomic mass is 9.73. The van der Waals surface area contributed by atoms with E-state index in [2.05, 4.69) is 16.7 Å². The molecule has 1 heterocycles. The van der Waals surface area contributed by atoms with Crippen molar-refractivity contribution in [1.29, 1.82) is 0 Å². The van der Waals surface area contributed by atoms with Gasteiger partial charge in [0.15, 0.2) is 0 Å². The van der Waals surface area contributed by atoms with Crippen LogP contribution in [0.2, 0.25) is 0 Å². The third-order valence-electron chi connectivity index (χ3n) is 6.51. The lowest BCUT2D eigenvalue weighted by Gasteiger charge is -2.36. The van der Waals surface area contributed by atoms with E-state index in [0.29, 0.717) is 6.42 Å². The quantitative estimate of drug-likeness (QED) is 0.804. The van der Waals surface area contributed by atoms with Crippen molar-refractivity contribution in [2.24, 2.45) is 5.92 Å². The smallest absolute Gasteiger partial charge is 0.325 e. The summed E-state index contributed by atoms with van der Waals surface area (Å²) in [6, 6.07) is 7.65. The SMILES string of the molecule is C[C@@H]1CCCC[C@@]12NC(=O)N(CC(=O)N[C@@H]1CCCc3ccccc31)C2=O. The fourth-order valence-electron chi connectivity index (χ4n) is 4.93. The van der Waals surface area contributed by atoms with Crippen LogP contribution in [0.4, 0.5) is 4.79 Å². The van der Waals surface area contributed by atoms with Crippen LogP contribution in [0.1, 0.15) is 62.6 Å². The van der Waals surface area contributed by atoms with Crippen LogP contribution in [0.3, 0.4) is 0 Å². The summed E-state index contributed by atoms with van der Waals surface area (Å²) in [6.45, 7) is 1.80. The third-order valence-corrected chi connectivity index (χ3v) is 6.51. The maximum absolute atomic E-state index is 13.0. The van der Waals surface area contributed by atoms with Crippen molar-refractivity contribution in [1.82, 2.24) is 15.5 Å². The number of carbonyl (C=O) groups is 3. The zero-order valence-corrected chi connectivity index (χ0v) is 15.8. The summed E-state index contributed by atoms with van der Waals surface area (Å²) in [7, 11) is 0. The number of imide groups is 1. The molecule has 0 aromatic heterocycles. The molecule has 0 radical (unpaired) electrons. The average Bonchev–Trinajstić information content (AvgIpc) is 2.89. The summed E-state index contributed by atoms with van der Waals surface area (Å²) in [5.74, 6) is -0.416. The van der Waals surface area contributed by atoms with Gasteiger partial charge in [0, 0.05) is 0 Å². The molecule has 1 aromatic rings. The molecule has 4 rings (SSSR count). The highest BCUT2D eigenvalue weighted by Crippen LogP contribution is 2.38.